The number of rotatable bonds is 3. The number of nitrogens with zero attached hydrogens (tertiary/aromatic N) is 5. The highest BCUT2D eigenvalue weighted by Gasteiger charge is 2.11. The Bertz CT molecular complexity index is 550. The molecule has 2 heterocycles. The van der Waals surface area contributed by atoms with Crippen molar-refractivity contribution in [1.29, 1.82) is 0 Å². The molecule has 0 atom stereocenters. The maximum absolute atomic E-state index is 8.50. The van der Waals surface area contributed by atoms with Crippen LogP contribution in [-0.4, -0.2) is 37.9 Å². The summed E-state index contributed by atoms with van der Waals surface area (Å²) in [4.78, 5) is 7.99. The van der Waals surface area contributed by atoms with Gasteiger partial charge in [0.05, 0.1) is 7.11 Å². The topological polar surface area (TPSA) is 111 Å². The maximum Gasteiger partial charge on any atom is 0.220 e. The molecule has 0 aliphatic heterocycles. The number of pyridine rings is 1. The first-order chi connectivity index (χ1) is 8.26. The van der Waals surface area contributed by atoms with E-state index in [1.54, 1.807) is 18.3 Å². The monoisotopic (exact) mass is 234 g/mol. The molecule has 17 heavy (non-hydrogen) atoms. The first-order valence-electron chi connectivity index (χ1n) is 4.65. The molecule has 0 saturated heterocycles. The normalized spacial score (nSPS) is 11.5. The minimum Gasteiger partial charge on any atom is -0.493 e. The third kappa shape index (κ3) is 2.00. The van der Waals surface area contributed by atoms with Crippen LogP contribution in [0.3, 0.4) is 0 Å². The van der Waals surface area contributed by atoms with Gasteiger partial charge >= 0.3 is 0 Å². The van der Waals surface area contributed by atoms with Gasteiger partial charge in [-0.25, -0.2) is 9.97 Å². The third-order valence-electron chi connectivity index (χ3n) is 2.02. The number of methoxy groups -OCH3 is 1. The second-order valence-electron chi connectivity index (χ2n) is 3.03. The second kappa shape index (κ2) is 4.47. The van der Waals surface area contributed by atoms with E-state index in [0.717, 1.165) is 0 Å². The van der Waals surface area contributed by atoms with Crippen LogP contribution in [0.2, 0.25) is 0 Å². The van der Waals surface area contributed by atoms with Gasteiger partial charge in [-0.05, 0) is 12.1 Å². The van der Waals surface area contributed by atoms with Crippen molar-refractivity contribution >= 4 is 5.84 Å². The lowest BCUT2D eigenvalue weighted by Gasteiger charge is -2.05. The fourth-order valence-corrected chi connectivity index (χ4v) is 1.24. The van der Waals surface area contributed by atoms with E-state index in [4.69, 9.17) is 15.7 Å². The number of oxime groups is 1. The SMILES string of the molecule is COc1cccnc1-n1cnc(/C(N)=N/O)n1. The van der Waals surface area contributed by atoms with Crippen LogP contribution in [0.5, 0.6) is 5.75 Å². The van der Waals surface area contributed by atoms with E-state index < -0.39 is 0 Å². The number of hydrogen-bond acceptors (Lipinski definition) is 6. The van der Waals surface area contributed by atoms with Crippen LogP contribution < -0.4 is 10.5 Å². The number of amidine groups is 1. The first-order valence-corrected chi connectivity index (χ1v) is 4.65. The van der Waals surface area contributed by atoms with E-state index in [1.807, 2.05) is 0 Å². The zero-order chi connectivity index (χ0) is 12.3. The van der Waals surface area contributed by atoms with Gasteiger partial charge in [-0.1, -0.05) is 5.16 Å². The fraction of sp³-hybridized carbons (Fsp3) is 0.111. The molecule has 0 spiro atoms. The Morgan fingerprint density at radius 2 is 2.35 bits per heavy atom. The Morgan fingerprint density at radius 1 is 1.53 bits per heavy atom. The van der Waals surface area contributed by atoms with Crippen molar-refractivity contribution in [3.63, 3.8) is 0 Å². The van der Waals surface area contributed by atoms with Crippen molar-refractivity contribution in [2.45, 2.75) is 0 Å². The minimum absolute atomic E-state index is 0.111. The van der Waals surface area contributed by atoms with E-state index >= 15 is 0 Å². The smallest absolute Gasteiger partial charge is 0.220 e. The van der Waals surface area contributed by atoms with Crippen LogP contribution in [0.15, 0.2) is 29.8 Å². The molecule has 0 amide bonds. The largest absolute Gasteiger partial charge is 0.493 e. The van der Waals surface area contributed by atoms with Gasteiger partial charge in [0.1, 0.15) is 6.33 Å². The van der Waals surface area contributed by atoms with Crippen molar-refractivity contribution < 1.29 is 9.94 Å². The lowest BCUT2D eigenvalue weighted by molar-refractivity contribution is 0.318. The highest BCUT2D eigenvalue weighted by molar-refractivity contribution is 5.93. The van der Waals surface area contributed by atoms with E-state index in [2.05, 4.69) is 20.2 Å². The molecule has 8 nitrogen and oxygen atoms in total. The molecule has 0 aliphatic rings. The van der Waals surface area contributed by atoms with Gasteiger partial charge in [-0.15, -0.1) is 5.10 Å². The van der Waals surface area contributed by atoms with E-state index in [9.17, 15) is 0 Å². The Morgan fingerprint density at radius 3 is 3.06 bits per heavy atom. The molecular formula is C9H10N6O2. The molecule has 0 fully saturated rings. The quantitative estimate of drug-likeness (QED) is 0.328. The predicted molar refractivity (Wildman–Crippen MR) is 58.2 cm³/mol. The van der Waals surface area contributed by atoms with Gasteiger partial charge in [0, 0.05) is 6.20 Å². The molecule has 0 unspecified atom stereocenters. The Hall–Kier alpha value is -2.64. The molecule has 0 bridgehead atoms. The Labute approximate surface area is 96.4 Å². The molecule has 2 rings (SSSR count). The number of ether oxygens (including phenoxy) is 1. The van der Waals surface area contributed by atoms with Gasteiger partial charge in [-0.2, -0.15) is 4.68 Å². The van der Waals surface area contributed by atoms with Crippen LogP contribution in [0.25, 0.3) is 5.82 Å². The molecule has 0 saturated carbocycles. The summed E-state index contributed by atoms with van der Waals surface area (Å²) in [5.74, 6) is 0.960. The van der Waals surface area contributed by atoms with E-state index in [0.29, 0.717) is 11.6 Å². The molecular weight excluding hydrogens is 224 g/mol. The van der Waals surface area contributed by atoms with Gasteiger partial charge in [0.25, 0.3) is 0 Å². The van der Waals surface area contributed by atoms with Crippen molar-refractivity contribution in [3.8, 4) is 11.6 Å². The number of hydrogen-bond donors (Lipinski definition) is 2. The van der Waals surface area contributed by atoms with E-state index in [1.165, 1.54) is 18.1 Å². The Kier molecular flexibility index (Phi) is 2.86. The predicted octanol–water partition coefficient (Wildman–Crippen LogP) is -0.235. The summed E-state index contributed by atoms with van der Waals surface area (Å²) < 4.78 is 6.51. The third-order valence-corrected chi connectivity index (χ3v) is 2.02. The average Bonchev–Trinajstić information content (AvgIpc) is 2.87. The average molecular weight is 234 g/mol. The summed E-state index contributed by atoms with van der Waals surface area (Å²) in [5.41, 5.74) is 5.37. The summed E-state index contributed by atoms with van der Waals surface area (Å²) in [7, 11) is 1.53. The zero-order valence-electron chi connectivity index (χ0n) is 8.98. The maximum atomic E-state index is 8.50. The summed E-state index contributed by atoms with van der Waals surface area (Å²) in [6, 6.07) is 3.48. The Balaban J connectivity index is 2.44. The summed E-state index contributed by atoms with van der Waals surface area (Å²) >= 11 is 0. The van der Waals surface area contributed by atoms with Crippen LogP contribution in [0, 0.1) is 0 Å². The molecule has 8 heteroatoms. The summed E-state index contributed by atoms with van der Waals surface area (Å²) in [6.45, 7) is 0. The van der Waals surface area contributed by atoms with Gasteiger partial charge in [-0.3, -0.25) is 0 Å². The van der Waals surface area contributed by atoms with Gasteiger partial charge in [0.15, 0.2) is 11.6 Å². The van der Waals surface area contributed by atoms with Crippen LogP contribution in [0.1, 0.15) is 5.82 Å². The highest BCUT2D eigenvalue weighted by atomic mass is 16.5. The summed E-state index contributed by atoms with van der Waals surface area (Å²) in [5, 5.41) is 15.3. The van der Waals surface area contributed by atoms with Crippen molar-refractivity contribution in [2.75, 3.05) is 7.11 Å². The summed E-state index contributed by atoms with van der Waals surface area (Å²) in [6.07, 6.45) is 3.00. The number of nitrogens with two attached hydrogens (primary N) is 1. The highest BCUT2D eigenvalue weighted by Crippen LogP contribution is 2.17. The first kappa shape index (κ1) is 10.9. The van der Waals surface area contributed by atoms with Crippen molar-refractivity contribution in [1.82, 2.24) is 19.7 Å². The van der Waals surface area contributed by atoms with Gasteiger partial charge in [0.2, 0.25) is 11.7 Å². The molecule has 0 aliphatic carbocycles. The number of aromatic nitrogens is 4. The molecule has 0 radical (unpaired) electrons. The van der Waals surface area contributed by atoms with Crippen LogP contribution in [-0.2, 0) is 0 Å². The van der Waals surface area contributed by atoms with Crippen LogP contribution in [0.4, 0.5) is 0 Å². The molecule has 2 aromatic rings. The lowest BCUT2D eigenvalue weighted by atomic mass is 10.4. The van der Waals surface area contributed by atoms with Gasteiger partial charge < -0.3 is 15.7 Å². The van der Waals surface area contributed by atoms with Crippen LogP contribution >= 0.6 is 0 Å². The lowest BCUT2D eigenvalue weighted by Crippen LogP contribution is -2.15. The second-order valence-corrected chi connectivity index (χ2v) is 3.03. The van der Waals surface area contributed by atoms with Crippen molar-refractivity contribution in [2.24, 2.45) is 10.9 Å². The van der Waals surface area contributed by atoms with E-state index in [-0.39, 0.29) is 11.7 Å². The molecule has 3 N–H and O–H groups in total. The standard InChI is InChI=1S/C9H10N6O2/c1-17-6-3-2-4-11-9(6)15-5-12-8(13-15)7(10)14-16/h2-5,16H,1H3,(H2,10,14). The van der Waals surface area contributed by atoms with Crippen molar-refractivity contribution in [3.05, 3.63) is 30.5 Å². The molecule has 2 aromatic heterocycles. The zero-order valence-corrected chi connectivity index (χ0v) is 8.98. The molecule has 0 aromatic carbocycles. The fourth-order valence-electron chi connectivity index (χ4n) is 1.24. The molecule has 88 valence electrons. The minimum atomic E-state index is -0.168.